The number of carbonyl (C=O) groups excluding carboxylic acids is 2. The lowest BCUT2D eigenvalue weighted by Crippen LogP contribution is -2.36. The van der Waals surface area contributed by atoms with Crippen LogP contribution in [0.15, 0.2) is 18.6 Å². The molecule has 1 saturated carbocycles. The first kappa shape index (κ1) is 15.5. The average molecular weight is 330 g/mol. The van der Waals surface area contributed by atoms with E-state index in [0.717, 1.165) is 13.0 Å². The number of fused-ring (bicyclic) bond motifs is 1. The number of ether oxygens (including phenoxy) is 1. The van der Waals surface area contributed by atoms with Crippen molar-refractivity contribution < 1.29 is 14.3 Å². The van der Waals surface area contributed by atoms with Crippen molar-refractivity contribution in [1.29, 1.82) is 0 Å². The van der Waals surface area contributed by atoms with Crippen molar-refractivity contribution in [2.45, 2.75) is 19.4 Å². The molecule has 2 aliphatic heterocycles. The highest BCUT2D eigenvalue weighted by Gasteiger charge is 2.49. The van der Waals surface area contributed by atoms with Crippen LogP contribution in [0.2, 0.25) is 0 Å². The van der Waals surface area contributed by atoms with Crippen molar-refractivity contribution in [2.75, 3.05) is 26.2 Å². The molecular formula is C17H22N4O3. The lowest BCUT2D eigenvalue weighted by atomic mass is 9.93. The van der Waals surface area contributed by atoms with Crippen molar-refractivity contribution in [1.82, 2.24) is 20.2 Å². The van der Waals surface area contributed by atoms with Crippen LogP contribution in [0.4, 0.5) is 0 Å². The van der Waals surface area contributed by atoms with Crippen molar-refractivity contribution in [3.8, 4) is 0 Å². The predicted octanol–water partition coefficient (Wildman–Crippen LogP) is 0.336. The van der Waals surface area contributed by atoms with Gasteiger partial charge in [-0.15, -0.1) is 0 Å². The van der Waals surface area contributed by atoms with E-state index >= 15 is 0 Å². The maximum absolute atomic E-state index is 12.4. The minimum Gasteiger partial charge on any atom is -0.376 e. The molecule has 3 aliphatic rings. The molecule has 0 unspecified atom stereocenters. The molecule has 24 heavy (non-hydrogen) atoms. The van der Waals surface area contributed by atoms with Crippen LogP contribution in [0.1, 0.15) is 23.8 Å². The zero-order valence-corrected chi connectivity index (χ0v) is 13.7. The number of nitrogens with zero attached hydrogens (tertiary/aromatic N) is 3. The summed E-state index contributed by atoms with van der Waals surface area (Å²) in [7, 11) is 0. The molecule has 7 nitrogen and oxygen atoms in total. The highest BCUT2D eigenvalue weighted by Crippen LogP contribution is 2.41. The molecule has 1 aliphatic carbocycles. The van der Waals surface area contributed by atoms with E-state index in [1.54, 1.807) is 0 Å². The van der Waals surface area contributed by atoms with Gasteiger partial charge in [0, 0.05) is 49.8 Å². The molecule has 3 fully saturated rings. The Kier molecular flexibility index (Phi) is 3.96. The molecule has 2 saturated heterocycles. The largest absolute Gasteiger partial charge is 0.376 e. The molecule has 0 spiro atoms. The summed E-state index contributed by atoms with van der Waals surface area (Å²) in [5, 5.41) is 2.91. The standard InChI is InChI=1S/C17H22N4O3/c1-10-4-12(10)17(23)21-7-13-11(9-24-15(13)8-21)5-20-16(22)14-6-18-2-3-19-14/h2-3,6,10-13,15H,4-5,7-9H2,1H3,(H,20,22)/t10-,11+,12-,13+,15+/m0/s1. The Morgan fingerprint density at radius 3 is 2.92 bits per heavy atom. The lowest BCUT2D eigenvalue weighted by Gasteiger charge is -2.20. The number of hydrogen-bond donors (Lipinski definition) is 1. The van der Waals surface area contributed by atoms with E-state index in [1.807, 2.05) is 4.90 Å². The summed E-state index contributed by atoms with van der Waals surface area (Å²) in [5.41, 5.74) is 0.318. The van der Waals surface area contributed by atoms with E-state index in [-0.39, 0.29) is 29.8 Å². The summed E-state index contributed by atoms with van der Waals surface area (Å²) < 4.78 is 5.86. The van der Waals surface area contributed by atoms with Gasteiger partial charge in [0.2, 0.25) is 5.91 Å². The highest BCUT2D eigenvalue weighted by atomic mass is 16.5. The second-order valence-corrected chi connectivity index (χ2v) is 7.16. The summed E-state index contributed by atoms with van der Waals surface area (Å²) in [6, 6.07) is 0. The molecule has 128 valence electrons. The van der Waals surface area contributed by atoms with E-state index in [0.29, 0.717) is 37.2 Å². The van der Waals surface area contributed by atoms with Crippen molar-refractivity contribution in [3.63, 3.8) is 0 Å². The van der Waals surface area contributed by atoms with Gasteiger partial charge in [0.15, 0.2) is 0 Å². The molecule has 0 bridgehead atoms. The van der Waals surface area contributed by atoms with E-state index in [1.165, 1.54) is 18.6 Å². The van der Waals surface area contributed by atoms with Gasteiger partial charge in [0.1, 0.15) is 5.69 Å². The van der Waals surface area contributed by atoms with Gasteiger partial charge >= 0.3 is 0 Å². The minimum atomic E-state index is -0.218. The predicted molar refractivity (Wildman–Crippen MR) is 84.9 cm³/mol. The van der Waals surface area contributed by atoms with Gasteiger partial charge in [0.05, 0.1) is 18.9 Å². The molecule has 0 radical (unpaired) electrons. The molecule has 1 N–H and O–H groups in total. The fraction of sp³-hybridized carbons (Fsp3) is 0.647. The van der Waals surface area contributed by atoms with E-state index in [4.69, 9.17) is 4.74 Å². The van der Waals surface area contributed by atoms with E-state index < -0.39 is 0 Å². The van der Waals surface area contributed by atoms with Gasteiger partial charge in [-0.05, 0) is 12.3 Å². The molecule has 1 aromatic rings. The number of hydrogen-bond acceptors (Lipinski definition) is 5. The smallest absolute Gasteiger partial charge is 0.271 e. The molecule has 3 heterocycles. The van der Waals surface area contributed by atoms with Gasteiger partial charge in [-0.2, -0.15) is 0 Å². The quantitative estimate of drug-likeness (QED) is 0.860. The van der Waals surface area contributed by atoms with Crippen LogP contribution in [0, 0.1) is 23.7 Å². The lowest BCUT2D eigenvalue weighted by molar-refractivity contribution is -0.132. The summed E-state index contributed by atoms with van der Waals surface area (Å²) in [6.45, 7) is 4.75. The SMILES string of the molecule is C[C@H]1C[C@@H]1C(=O)N1C[C@@H]2[C@H](CNC(=O)c3cnccn3)CO[C@@H]2C1. The van der Waals surface area contributed by atoms with Gasteiger partial charge in [-0.25, -0.2) is 4.98 Å². The van der Waals surface area contributed by atoms with Crippen LogP contribution < -0.4 is 5.32 Å². The first-order valence-corrected chi connectivity index (χ1v) is 8.58. The fourth-order valence-corrected chi connectivity index (χ4v) is 3.82. The zero-order valence-electron chi connectivity index (χ0n) is 13.7. The first-order valence-electron chi connectivity index (χ1n) is 8.58. The van der Waals surface area contributed by atoms with Gasteiger partial charge in [-0.1, -0.05) is 6.92 Å². The molecule has 1 aromatic heterocycles. The Morgan fingerprint density at radius 2 is 2.21 bits per heavy atom. The zero-order chi connectivity index (χ0) is 16.7. The van der Waals surface area contributed by atoms with Crippen molar-refractivity contribution >= 4 is 11.8 Å². The summed E-state index contributed by atoms with van der Waals surface area (Å²) in [5.74, 6) is 1.36. The van der Waals surface area contributed by atoms with E-state index in [9.17, 15) is 9.59 Å². The number of aromatic nitrogens is 2. The molecule has 7 heteroatoms. The maximum Gasteiger partial charge on any atom is 0.271 e. The van der Waals surface area contributed by atoms with Crippen molar-refractivity contribution in [2.24, 2.45) is 23.7 Å². The third kappa shape index (κ3) is 2.88. The summed E-state index contributed by atoms with van der Waals surface area (Å²) in [6.07, 6.45) is 5.63. The van der Waals surface area contributed by atoms with Gasteiger partial charge in [-0.3, -0.25) is 14.6 Å². The molecule has 4 rings (SSSR count). The Bertz CT molecular complexity index is 638. The van der Waals surface area contributed by atoms with Crippen molar-refractivity contribution in [3.05, 3.63) is 24.3 Å². The van der Waals surface area contributed by atoms with Gasteiger partial charge < -0.3 is 15.0 Å². The minimum absolute atomic E-state index is 0.112. The fourth-order valence-electron chi connectivity index (χ4n) is 3.82. The Morgan fingerprint density at radius 1 is 1.38 bits per heavy atom. The highest BCUT2D eigenvalue weighted by molar-refractivity contribution is 5.91. The first-order chi connectivity index (χ1) is 11.6. The number of carbonyl (C=O) groups is 2. The second-order valence-electron chi connectivity index (χ2n) is 7.16. The molecule has 0 aromatic carbocycles. The van der Waals surface area contributed by atoms with Crippen LogP contribution in [-0.4, -0.2) is 59.0 Å². The third-order valence-corrected chi connectivity index (χ3v) is 5.50. The molecule has 2 amide bonds. The molecule has 5 atom stereocenters. The van der Waals surface area contributed by atoms with Crippen LogP contribution >= 0.6 is 0 Å². The Balaban J connectivity index is 1.31. The van der Waals surface area contributed by atoms with E-state index in [2.05, 4.69) is 22.2 Å². The average Bonchev–Trinajstić information content (AvgIpc) is 3.02. The topological polar surface area (TPSA) is 84.4 Å². The van der Waals surface area contributed by atoms with Crippen LogP contribution in [0.3, 0.4) is 0 Å². The maximum atomic E-state index is 12.4. The summed E-state index contributed by atoms with van der Waals surface area (Å²) >= 11 is 0. The van der Waals surface area contributed by atoms with Gasteiger partial charge in [0.25, 0.3) is 5.91 Å². The van der Waals surface area contributed by atoms with Crippen LogP contribution in [-0.2, 0) is 9.53 Å². The van der Waals surface area contributed by atoms with Crippen LogP contribution in [0.25, 0.3) is 0 Å². The second kappa shape index (κ2) is 6.12. The van der Waals surface area contributed by atoms with Crippen LogP contribution in [0.5, 0.6) is 0 Å². The number of rotatable bonds is 4. The summed E-state index contributed by atoms with van der Waals surface area (Å²) in [4.78, 5) is 34.3. The third-order valence-electron chi connectivity index (χ3n) is 5.50. The number of nitrogens with one attached hydrogen (secondary N) is 1. The number of likely N-dealkylation sites (tertiary alicyclic amines) is 1. The number of amides is 2. The molecular weight excluding hydrogens is 308 g/mol. The Labute approximate surface area is 140 Å². The Hall–Kier alpha value is -2.02. The monoisotopic (exact) mass is 330 g/mol. The normalized spacial score (nSPS) is 34.0.